The number of amides is 4. The van der Waals surface area contributed by atoms with Gasteiger partial charge >= 0.3 is 6.03 Å². The predicted molar refractivity (Wildman–Crippen MR) is 89.5 cm³/mol. The molecule has 2 N–H and O–H groups in total. The van der Waals surface area contributed by atoms with Gasteiger partial charge in [-0.15, -0.1) is 0 Å². The first kappa shape index (κ1) is 16.6. The van der Waals surface area contributed by atoms with Gasteiger partial charge in [-0.2, -0.15) is 0 Å². The van der Waals surface area contributed by atoms with E-state index in [9.17, 15) is 18.8 Å². The molecule has 2 aromatic rings. The van der Waals surface area contributed by atoms with Crippen LogP contribution in [-0.4, -0.2) is 29.3 Å². The number of imide groups is 1. The van der Waals surface area contributed by atoms with E-state index < -0.39 is 17.8 Å². The van der Waals surface area contributed by atoms with Crippen molar-refractivity contribution in [2.75, 3.05) is 11.9 Å². The lowest BCUT2D eigenvalue weighted by molar-refractivity contribution is -0.125. The second-order valence-electron chi connectivity index (χ2n) is 5.71. The third kappa shape index (κ3) is 3.50. The summed E-state index contributed by atoms with van der Waals surface area (Å²) in [4.78, 5) is 37.1. The minimum Gasteiger partial charge on any atom is -0.329 e. The summed E-state index contributed by atoms with van der Waals surface area (Å²) in [6.45, 7) is 1.71. The van der Waals surface area contributed by atoms with Crippen LogP contribution in [-0.2, 0) is 11.3 Å². The second kappa shape index (κ2) is 6.72. The zero-order valence-electron chi connectivity index (χ0n) is 13.5. The van der Waals surface area contributed by atoms with Crippen molar-refractivity contribution in [2.45, 2.75) is 13.5 Å². The van der Waals surface area contributed by atoms with Crippen LogP contribution >= 0.6 is 0 Å². The van der Waals surface area contributed by atoms with Crippen molar-refractivity contribution in [2.24, 2.45) is 0 Å². The van der Waals surface area contributed by atoms with Gasteiger partial charge in [-0.25, -0.2) is 9.18 Å². The van der Waals surface area contributed by atoms with Gasteiger partial charge < -0.3 is 10.6 Å². The third-order valence-corrected chi connectivity index (χ3v) is 3.98. The highest BCUT2D eigenvalue weighted by molar-refractivity contribution is 6.06. The molecule has 1 heterocycles. The lowest BCUT2D eigenvalue weighted by Crippen LogP contribution is -2.31. The number of benzene rings is 2. The summed E-state index contributed by atoms with van der Waals surface area (Å²) in [6.07, 6.45) is 0. The predicted octanol–water partition coefficient (Wildman–Crippen LogP) is 2.44. The van der Waals surface area contributed by atoms with Crippen LogP contribution in [0.2, 0.25) is 0 Å². The summed E-state index contributed by atoms with van der Waals surface area (Å²) >= 11 is 0. The molecule has 1 saturated heterocycles. The van der Waals surface area contributed by atoms with Gasteiger partial charge in [-0.3, -0.25) is 14.5 Å². The summed E-state index contributed by atoms with van der Waals surface area (Å²) in [6, 6.07) is 10.3. The van der Waals surface area contributed by atoms with Crippen LogP contribution < -0.4 is 10.6 Å². The fourth-order valence-corrected chi connectivity index (χ4v) is 2.58. The van der Waals surface area contributed by atoms with Crippen LogP contribution in [0, 0.1) is 12.7 Å². The summed E-state index contributed by atoms with van der Waals surface area (Å²) in [5.41, 5.74) is 1.94. The molecule has 2 aromatic carbocycles. The molecule has 0 unspecified atom stereocenters. The molecule has 4 amide bonds. The van der Waals surface area contributed by atoms with Crippen molar-refractivity contribution >= 4 is 23.5 Å². The van der Waals surface area contributed by atoms with Crippen molar-refractivity contribution in [3.05, 3.63) is 65.0 Å². The van der Waals surface area contributed by atoms with E-state index in [1.165, 1.54) is 12.1 Å². The lowest BCUT2D eigenvalue weighted by atomic mass is 10.1. The lowest BCUT2D eigenvalue weighted by Gasteiger charge is -2.16. The molecule has 128 valence electrons. The Labute approximate surface area is 143 Å². The van der Waals surface area contributed by atoms with Crippen LogP contribution in [0.5, 0.6) is 0 Å². The van der Waals surface area contributed by atoms with Gasteiger partial charge in [0.25, 0.3) is 5.91 Å². The van der Waals surface area contributed by atoms with E-state index in [2.05, 4.69) is 10.6 Å². The molecular formula is C18H16FN3O3. The van der Waals surface area contributed by atoms with Crippen molar-refractivity contribution < 1.29 is 18.8 Å². The SMILES string of the molecule is Cc1ccc(F)cc1NC(=O)c1ccccc1CN1C(=O)CNC1=O. The number of hydrogen-bond donors (Lipinski definition) is 2. The number of nitrogens with one attached hydrogen (secondary N) is 2. The van der Waals surface area contributed by atoms with Gasteiger partial charge in [0, 0.05) is 11.3 Å². The second-order valence-corrected chi connectivity index (χ2v) is 5.71. The van der Waals surface area contributed by atoms with E-state index in [0.29, 0.717) is 16.8 Å². The molecule has 1 aliphatic rings. The largest absolute Gasteiger partial charge is 0.329 e. The van der Waals surface area contributed by atoms with Crippen molar-refractivity contribution in [1.29, 1.82) is 0 Å². The molecule has 0 saturated carbocycles. The zero-order valence-corrected chi connectivity index (χ0v) is 13.5. The Hall–Kier alpha value is -3.22. The number of carbonyl (C=O) groups is 3. The smallest absolute Gasteiger partial charge is 0.324 e. The number of hydrogen-bond acceptors (Lipinski definition) is 3. The van der Waals surface area contributed by atoms with E-state index in [0.717, 1.165) is 10.5 Å². The number of rotatable bonds is 4. The maximum atomic E-state index is 13.4. The van der Waals surface area contributed by atoms with E-state index >= 15 is 0 Å². The molecule has 0 radical (unpaired) electrons. The zero-order chi connectivity index (χ0) is 18.0. The molecule has 7 heteroatoms. The number of aryl methyl sites for hydroxylation is 1. The van der Waals surface area contributed by atoms with Gasteiger partial charge in [-0.05, 0) is 36.2 Å². The van der Waals surface area contributed by atoms with Gasteiger partial charge in [0.15, 0.2) is 0 Å². The van der Waals surface area contributed by atoms with Crippen molar-refractivity contribution in [3.63, 3.8) is 0 Å². The molecule has 6 nitrogen and oxygen atoms in total. The molecule has 0 aliphatic carbocycles. The molecule has 0 aromatic heterocycles. The van der Waals surface area contributed by atoms with Crippen LogP contribution in [0.1, 0.15) is 21.5 Å². The number of carbonyl (C=O) groups excluding carboxylic acids is 3. The minimum absolute atomic E-state index is 0.00358. The Kier molecular flexibility index (Phi) is 4.47. The first-order valence-corrected chi connectivity index (χ1v) is 7.69. The van der Waals surface area contributed by atoms with Crippen LogP contribution in [0.3, 0.4) is 0 Å². The van der Waals surface area contributed by atoms with Crippen LogP contribution in [0.25, 0.3) is 0 Å². The summed E-state index contributed by atoms with van der Waals surface area (Å²) in [5.74, 6) is -1.23. The van der Waals surface area contributed by atoms with Crippen molar-refractivity contribution in [1.82, 2.24) is 10.2 Å². The fraction of sp³-hybridized carbons (Fsp3) is 0.167. The van der Waals surface area contributed by atoms with E-state index in [1.54, 1.807) is 37.3 Å². The Morgan fingerprint density at radius 2 is 2.00 bits per heavy atom. The standard InChI is InChI=1S/C18H16FN3O3/c1-11-6-7-13(19)8-15(11)21-17(24)14-5-3-2-4-12(14)10-22-16(23)9-20-18(22)25/h2-8H,9-10H2,1H3,(H,20,25)(H,21,24). The Morgan fingerprint density at radius 3 is 2.72 bits per heavy atom. The molecule has 25 heavy (non-hydrogen) atoms. The Balaban J connectivity index is 1.85. The molecular weight excluding hydrogens is 325 g/mol. The highest BCUT2D eigenvalue weighted by atomic mass is 19.1. The monoisotopic (exact) mass is 341 g/mol. The summed E-state index contributed by atoms with van der Waals surface area (Å²) in [7, 11) is 0. The van der Waals surface area contributed by atoms with Crippen LogP contribution in [0.15, 0.2) is 42.5 Å². The minimum atomic E-state index is -0.485. The Bertz CT molecular complexity index is 850. The number of anilines is 1. The van der Waals surface area contributed by atoms with Gasteiger partial charge in [0.2, 0.25) is 5.91 Å². The van der Waals surface area contributed by atoms with Gasteiger partial charge in [0.05, 0.1) is 13.1 Å². The number of halogens is 1. The first-order chi connectivity index (χ1) is 12.0. The molecule has 1 fully saturated rings. The first-order valence-electron chi connectivity index (χ1n) is 7.69. The molecule has 3 rings (SSSR count). The normalized spacial score (nSPS) is 13.8. The highest BCUT2D eigenvalue weighted by Gasteiger charge is 2.29. The maximum absolute atomic E-state index is 13.4. The fourth-order valence-electron chi connectivity index (χ4n) is 2.58. The molecule has 1 aliphatic heterocycles. The topological polar surface area (TPSA) is 78.5 Å². The van der Waals surface area contributed by atoms with Crippen LogP contribution in [0.4, 0.5) is 14.9 Å². The summed E-state index contributed by atoms with van der Waals surface area (Å²) < 4.78 is 13.4. The molecule has 0 bridgehead atoms. The van der Waals surface area contributed by atoms with Gasteiger partial charge in [-0.1, -0.05) is 24.3 Å². The van der Waals surface area contributed by atoms with Crippen molar-refractivity contribution in [3.8, 4) is 0 Å². The highest BCUT2D eigenvalue weighted by Crippen LogP contribution is 2.19. The average molecular weight is 341 g/mol. The number of nitrogens with zero attached hydrogens (tertiary/aromatic N) is 1. The molecule has 0 atom stereocenters. The third-order valence-electron chi connectivity index (χ3n) is 3.98. The van der Waals surface area contributed by atoms with E-state index in [4.69, 9.17) is 0 Å². The average Bonchev–Trinajstić information content (AvgIpc) is 2.90. The summed E-state index contributed by atoms with van der Waals surface area (Å²) in [5, 5.41) is 5.11. The number of urea groups is 1. The van der Waals surface area contributed by atoms with Gasteiger partial charge in [0.1, 0.15) is 5.82 Å². The molecule has 0 spiro atoms. The quantitative estimate of drug-likeness (QED) is 0.839. The van der Waals surface area contributed by atoms with E-state index in [1.807, 2.05) is 0 Å². The maximum Gasteiger partial charge on any atom is 0.324 e. The van der Waals surface area contributed by atoms with E-state index in [-0.39, 0.29) is 19.0 Å². The Morgan fingerprint density at radius 1 is 1.24 bits per heavy atom.